The summed E-state index contributed by atoms with van der Waals surface area (Å²) in [5, 5.41) is 11.2. The molecule has 3 nitrogen and oxygen atoms in total. The van der Waals surface area contributed by atoms with Gasteiger partial charge in [-0.2, -0.15) is 0 Å². The highest BCUT2D eigenvalue weighted by atomic mass is 15.1. The Labute approximate surface area is 103 Å². The topological polar surface area (TPSA) is 39.1 Å². The van der Waals surface area contributed by atoms with Crippen molar-refractivity contribution in [2.24, 2.45) is 0 Å². The van der Waals surface area contributed by atoms with Crippen molar-refractivity contribution in [1.82, 2.24) is 4.90 Å². The predicted octanol–water partition coefficient (Wildman–Crippen LogP) is 3.08. The van der Waals surface area contributed by atoms with E-state index in [0.717, 1.165) is 16.9 Å². The van der Waals surface area contributed by atoms with E-state index in [1.165, 1.54) is 0 Å². The average Bonchev–Trinajstić information content (AvgIpc) is 2.29. The van der Waals surface area contributed by atoms with Gasteiger partial charge in [-0.15, -0.1) is 0 Å². The molecule has 0 aliphatic carbocycles. The summed E-state index contributed by atoms with van der Waals surface area (Å²) in [7, 11) is 3.72. The zero-order chi connectivity index (χ0) is 12.8. The Hall–Kier alpha value is -2.03. The maximum absolute atomic E-state index is 8.01. The summed E-state index contributed by atoms with van der Waals surface area (Å²) in [5.74, 6) is 0.473. The maximum atomic E-state index is 8.01. The van der Waals surface area contributed by atoms with Crippen molar-refractivity contribution in [3.63, 3.8) is 0 Å². The van der Waals surface area contributed by atoms with Crippen LogP contribution in [0.4, 0.5) is 5.69 Å². The molecule has 2 N–H and O–H groups in total. The van der Waals surface area contributed by atoms with Crippen LogP contribution < -0.4 is 5.32 Å². The largest absolute Gasteiger partial charge is 0.363 e. The lowest BCUT2D eigenvalue weighted by atomic mass is 10.1. The molecule has 0 heterocycles. The first kappa shape index (κ1) is 13.0. The minimum atomic E-state index is 0.473. The highest BCUT2D eigenvalue weighted by Crippen LogP contribution is 2.18. The van der Waals surface area contributed by atoms with Gasteiger partial charge in [-0.25, -0.2) is 0 Å². The summed E-state index contributed by atoms with van der Waals surface area (Å²) >= 11 is 0. The van der Waals surface area contributed by atoms with Crippen LogP contribution in [0.1, 0.15) is 12.5 Å². The first-order valence-electron chi connectivity index (χ1n) is 5.50. The van der Waals surface area contributed by atoms with Crippen molar-refractivity contribution in [3.05, 3.63) is 54.3 Å². The monoisotopic (exact) mass is 229 g/mol. The molecule has 0 spiro atoms. The van der Waals surface area contributed by atoms with Crippen molar-refractivity contribution in [2.45, 2.75) is 6.92 Å². The van der Waals surface area contributed by atoms with Gasteiger partial charge in [-0.3, -0.25) is 5.41 Å². The summed E-state index contributed by atoms with van der Waals surface area (Å²) < 4.78 is 0. The molecule has 0 amide bonds. The molecule has 0 saturated carbocycles. The standard InChI is InChI=1S/C14H19N3/c1-5-8-11(2)16-13-10-7-6-9-12(13)14(15)17(3)4/h5-10,15-16H,2H2,1,3-4H3/b8-5+,15-14?. The maximum Gasteiger partial charge on any atom is 0.129 e. The molecule has 0 fully saturated rings. The molecule has 0 atom stereocenters. The Morgan fingerprint density at radius 1 is 1.35 bits per heavy atom. The summed E-state index contributed by atoms with van der Waals surface area (Å²) in [6.07, 6.45) is 3.82. The van der Waals surface area contributed by atoms with Gasteiger partial charge in [-0.1, -0.05) is 24.8 Å². The lowest BCUT2D eigenvalue weighted by Crippen LogP contribution is -2.22. The fraction of sp³-hybridized carbons (Fsp3) is 0.214. The van der Waals surface area contributed by atoms with Crippen LogP contribution >= 0.6 is 0 Å². The Balaban J connectivity index is 3.00. The SMILES string of the molecule is C=C(/C=C/C)Nc1ccccc1C(=N)N(C)C. The van der Waals surface area contributed by atoms with Gasteiger partial charge >= 0.3 is 0 Å². The average molecular weight is 229 g/mol. The minimum Gasteiger partial charge on any atom is -0.363 e. The van der Waals surface area contributed by atoms with E-state index in [1.807, 2.05) is 57.4 Å². The molecule has 90 valence electrons. The second-order valence-electron chi connectivity index (χ2n) is 3.94. The highest BCUT2D eigenvalue weighted by molar-refractivity contribution is 6.01. The van der Waals surface area contributed by atoms with E-state index in [9.17, 15) is 0 Å². The number of nitrogens with one attached hydrogen (secondary N) is 2. The summed E-state index contributed by atoms with van der Waals surface area (Å²) in [4.78, 5) is 1.78. The van der Waals surface area contributed by atoms with Gasteiger partial charge in [0.25, 0.3) is 0 Å². The summed E-state index contributed by atoms with van der Waals surface area (Å²) in [5.41, 5.74) is 2.57. The van der Waals surface area contributed by atoms with Gasteiger partial charge < -0.3 is 10.2 Å². The molecule has 0 saturated heterocycles. The van der Waals surface area contributed by atoms with Crippen LogP contribution in [0, 0.1) is 5.41 Å². The van der Waals surface area contributed by atoms with Gasteiger partial charge in [0.2, 0.25) is 0 Å². The van der Waals surface area contributed by atoms with Crippen LogP contribution in [0.25, 0.3) is 0 Å². The summed E-state index contributed by atoms with van der Waals surface area (Å²) in [6, 6.07) is 7.74. The molecule has 0 unspecified atom stereocenters. The Morgan fingerprint density at radius 2 is 2.00 bits per heavy atom. The minimum absolute atomic E-state index is 0.473. The fourth-order valence-corrected chi connectivity index (χ4v) is 1.46. The third kappa shape index (κ3) is 3.48. The predicted molar refractivity (Wildman–Crippen MR) is 74.5 cm³/mol. The number of benzene rings is 1. The number of hydrogen-bond acceptors (Lipinski definition) is 2. The van der Waals surface area contributed by atoms with Crippen molar-refractivity contribution in [1.29, 1.82) is 5.41 Å². The van der Waals surface area contributed by atoms with Gasteiger partial charge in [0.1, 0.15) is 5.84 Å². The van der Waals surface area contributed by atoms with Crippen LogP contribution in [0.5, 0.6) is 0 Å². The van der Waals surface area contributed by atoms with Crippen LogP contribution in [0.15, 0.2) is 48.7 Å². The van der Waals surface area contributed by atoms with E-state index >= 15 is 0 Å². The van der Waals surface area contributed by atoms with Crippen molar-refractivity contribution < 1.29 is 0 Å². The third-order valence-electron chi connectivity index (χ3n) is 2.29. The molecule has 1 aromatic rings. The van der Waals surface area contributed by atoms with Gasteiger partial charge in [0.15, 0.2) is 0 Å². The number of nitrogens with zero attached hydrogens (tertiary/aromatic N) is 1. The van der Waals surface area contributed by atoms with Gasteiger partial charge in [-0.05, 0) is 25.1 Å². The Morgan fingerprint density at radius 3 is 2.59 bits per heavy atom. The van der Waals surface area contributed by atoms with E-state index in [-0.39, 0.29) is 0 Å². The zero-order valence-corrected chi connectivity index (χ0v) is 10.6. The van der Waals surface area contributed by atoms with E-state index < -0.39 is 0 Å². The molecular weight excluding hydrogens is 210 g/mol. The quantitative estimate of drug-likeness (QED) is 0.473. The lowest BCUT2D eigenvalue weighted by molar-refractivity contribution is 0.619. The lowest BCUT2D eigenvalue weighted by Gasteiger charge is -2.17. The molecule has 1 aromatic carbocycles. The van der Waals surface area contributed by atoms with E-state index in [2.05, 4.69) is 11.9 Å². The van der Waals surface area contributed by atoms with Crippen molar-refractivity contribution >= 4 is 11.5 Å². The van der Waals surface area contributed by atoms with Crippen LogP contribution in [0.3, 0.4) is 0 Å². The summed E-state index contributed by atoms with van der Waals surface area (Å²) in [6.45, 7) is 5.85. The second-order valence-corrected chi connectivity index (χ2v) is 3.94. The normalized spacial score (nSPS) is 10.3. The molecule has 0 aliphatic rings. The number of anilines is 1. The number of amidine groups is 1. The van der Waals surface area contributed by atoms with Crippen molar-refractivity contribution in [3.8, 4) is 0 Å². The molecular formula is C14H19N3. The van der Waals surface area contributed by atoms with Gasteiger partial charge in [0.05, 0.1) is 0 Å². The first-order chi connectivity index (χ1) is 8.06. The van der Waals surface area contributed by atoms with E-state index in [4.69, 9.17) is 5.41 Å². The molecule has 17 heavy (non-hydrogen) atoms. The molecule has 0 bridgehead atoms. The fourth-order valence-electron chi connectivity index (χ4n) is 1.46. The number of rotatable bonds is 4. The smallest absolute Gasteiger partial charge is 0.129 e. The van der Waals surface area contributed by atoms with Gasteiger partial charge in [0, 0.05) is 31.0 Å². The van der Waals surface area contributed by atoms with Crippen molar-refractivity contribution in [2.75, 3.05) is 19.4 Å². The van der Waals surface area contributed by atoms with Crippen LogP contribution in [0.2, 0.25) is 0 Å². The number of allylic oxidation sites excluding steroid dienone is 2. The molecule has 0 aromatic heterocycles. The molecule has 0 radical (unpaired) electrons. The van der Waals surface area contributed by atoms with E-state index in [1.54, 1.807) is 4.90 Å². The third-order valence-corrected chi connectivity index (χ3v) is 2.29. The van der Waals surface area contributed by atoms with Crippen LogP contribution in [-0.2, 0) is 0 Å². The molecule has 1 rings (SSSR count). The molecule has 0 aliphatic heterocycles. The highest BCUT2D eigenvalue weighted by Gasteiger charge is 2.08. The first-order valence-corrected chi connectivity index (χ1v) is 5.50. The molecule has 3 heteroatoms. The van der Waals surface area contributed by atoms with E-state index in [0.29, 0.717) is 5.84 Å². The second kappa shape index (κ2) is 5.89. The zero-order valence-electron chi connectivity index (χ0n) is 10.6. The Kier molecular flexibility index (Phi) is 4.52. The Bertz CT molecular complexity index is 445. The number of hydrogen-bond donors (Lipinski definition) is 2. The van der Waals surface area contributed by atoms with Crippen LogP contribution in [-0.4, -0.2) is 24.8 Å². The number of para-hydroxylation sites is 1.